The van der Waals surface area contributed by atoms with Gasteiger partial charge in [0, 0.05) is 18.8 Å². The molecule has 1 unspecified atom stereocenters. The molecular weight excluding hydrogens is 316 g/mol. The first-order valence-electron chi connectivity index (χ1n) is 8.16. The quantitative estimate of drug-likeness (QED) is 0.907. The van der Waals surface area contributed by atoms with Crippen LogP contribution in [0.15, 0.2) is 36.4 Å². The van der Waals surface area contributed by atoms with E-state index in [4.69, 9.17) is 4.74 Å². The number of benzene rings is 1. The van der Waals surface area contributed by atoms with Crippen molar-refractivity contribution in [3.8, 4) is 11.8 Å². The van der Waals surface area contributed by atoms with Crippen LogP contribution in [0.1, 0.15) is 23.2 Å². The van der Waals surface area contributed by atoms with Crippen molar-refractivity contribution in [1.29, 1.82) is 5.26 Å². The number of nitriles is 1. The van der Waals surface area contributed by atoms with Crippen LogP contribution in [-0.2, 0) is 11.3 Å². The van der Waals surface area contributed by atoms with Crippen LogP contribution in [-0.4, -0.2) is 35.5 Å². The van der Waals surface area contributed by atoms with Gasteiger partial charge in [0.05, 0.1) is 12.7 Å². The van der Waals surface area contributed by atoms with Gasteiger partial charge in [0.15, 0.2) is 0 Å². The first-order valence-corrected chi connectivity index (χ1v) is 8.16. The zero-order valence-electron chi connectivity index (χ0n) is 14.3. The highest BCUT2D eigenvalue weighted by Gasteiger charge is 2.32. The highest BCUT2D eigenvalue weighted by atomic mass is 16.5. The number of likely N-dealkylation sites (tertiary alicyclic amines) is 1. The van der Waals surface area contributed by atoms with E-state index in [0.29, 0.717) is 30.9 Å². The van der Waals surface area contributed by atoms with Gasteiger partial charge in [0.25, 0.3) is 0 Å². The van der Waals surface area contributed by atoms with E-state index in [1.165, 1.54) is 0 Å². The van der Waals surface area contributed by atoms with E-state index in [1.54, 1.807) is 19.2 Å². The topological polar surface area (TPSA) is 78.2 Å². The molecule has 2 aromatic rings. The zero-order valence-corrected chi connectivity index (χ0v) is 14.3. The van der Waals surface area contributed by atoms with Crippen LogP contribution in [0, 0.1) is 18.3 Å². The molecule has 0 radical (unpaired) electrons. The van der Waals surface area contributed by atoms with E-state index in [2.05, 4.69) is 16.4 Å². The van der Waals surface area contributed by atoms with Crippen molar-refractivity contribution in [1.82, 2.24) is 9.88 Å². The van der Waals surface area contributed by atoms with Crippen molar-refractivity contribution >= 4 is 11.7 Å². The lowest BCUT2D eigenvalue weighted by Crippen LogP contribution is -2.33. The molecule has 6 nitrogen and oxygen atoms in total. The number of pyridine rings is 1. The Morgan fingerprint density at radius 3 is 2.76 bits per heavy atom. The van der Waals surface area contributed by atoms with E-state index in [0.717, 1.165) is 17.0 Å². The first-order chi connectivity index (χ1) is 12.1. The Bertz CT molecular complexity index is 811. The van der Waals surface area contributed by atoms with Crippen LogP contribution in [0.5, 0.6) is 5.75 Å². The van der Waals surface area contributed by atoms with Crippen molar-refractivity contribution in [2.24, 2.45) is 0 Å². The maximum Gasteiger partial charge on any atom is 0.245 e. The fourth-order valence-corrected chi connectivity index (χ4v) is 2.90. The Labute approximate surface area is 147 Å². The third-order valence-corrected chi connectivity index (χ3v) is 4.30. The zero-order chi connectivity index (χ0) is 17.8. The number of anilines is 1. The Balaban J connectivity index is 1.67. The number of nitrogens with one attached hydrogen (secondary N) is 1. The van der Waals surface area contributed by atoms with Gasteiger partial charge in [-0.05, 0) is 43.2 Å². The number of carbonyl (C=O) groups is 1. The maximum atomic E-state index is 12.6. The van der Waals surface area contributed by atoms with E-state index >= 15 is 0 Å². The molecule has 1 aliphatic heterocycles. The maximum absolute atomic E-state index is 12.6. The molecule has 0 bridgehead atoms. The molecule has 128 valence electrons. The fourth-order valence-electron chi connectivity index (χ4n) is 2.90. The molecule has 1 aromatic carbocycles. The summed E-state index contributed by atoms with van der Waals surface area (Å²) in [5, 5.41) is 12.3. The van der Waals surface area contributed by atoms with Gasteiger partial charge in [-0.15, -0.1) is 0 Å². The second-order valence-corrected chi connectivity index (χ2v) is 6.05. The van der Waals surface area contributed by atoms with Gasteiger partial charge in [-0.25, -0.2) is 4.98 Å². The largest absolute Gasteiger partial charge is 0.497 e. The van der Waals surface area contributed by atoms with E-state index in [9.17, 15) is 10.1 Å². The minimum Gasteiger partial charge on any atom is -0.497 e. The molecule has 1 N–H and O–H groups in total. The number of carbonyl (C=O) groups excluding carboxylic acids is 1. The molecule has 3 rings (SSSR count). The van der Waals surface area contributed by atoms with Crippen LogP contribution in [0.3, 0.4) is 0 Å². The number of ether oxygens (including phenoxy) is 1. The highest BCUT2D eigenvalue weighted by molar-refractivity contribution is 5.86. The summed E-state index contributed by atoms with van der Waals surface area (Å²) in [5.74, 6) is 1.31. The summed E-state index contributed by atoms with van der Waals surface area (Å²) < 4.78 is 5.15. The summed E-state index contributed by atoms with van der Waals surface area (Å²) in [6.07, 6.45) is 0.690. The SMILES string of the molecule is COc1ccc(CN2CCC(Nc3nc(C)ccc3C#N)C2=O)cc1. The molecule has 1 atom stereocenters. The molecule has 2 heterocycles. The van der Waals surface area contributed by atoms with Gasteiger partial charge in [0.1, 0.15) is 23.7 Å². The lowest BCUT2D eigenvalue weighted by atomic mass is 10.2. The molecule has 1 saturated heterocycles. The molecule has 25 heavy (non-hydrogen) atoms. The van der Waals surface area contributed by atoms with Crippen LogP contribution in [0.2, 0.25) is 0 Å². The normalized spacial score (nSPS) is 16.6. The number of hydrogen-bond donors (Lipinski definition) is 1. The van der Waals surface area contributed by atoms with Gasteiger partial charge >= 0.3 is 0 Å². The summed E-state index contributed by atoms with van der Waals surface area (Å²) in [4.78, 5) is 18.8. The smallest absolute Gasteiger partial charge is 0.245 e. The average Bonchev–Trinajstić information content (AvgIpc) is 2.96. The molecule has 6 heteroatoms. The minimum atomic E-state index is -0.348. The number of nitrogens with zero attached hydrogens (tertiary/aromatic N) is 3. The average molecular weight is 336 g/mol. The monoisotopic (exact) mass is 336 g/mol. The molecule has 0 aliphatic carbocycles. The Morgan fingerprint density at radius 1 is 1.32 bits per heavy atom. The predicted molar refractivity (Wildman–Crippen MR) is 94.1 cm³/mol. The predicted octanol–water partition coefficient (Wildman–Crippen LogP) is 2.48. The van der Waals surface area contributed by atoms with E-state index < -0.39 is 0 Å². The molecule has 1 amide bonds. The third-order valence-electron chi connectivity index (χ3n) is 4.30. The number of aryl methyl sites for hydroxylation is 1. The van der Waals surface area contributed by atoms with E-state index in [-0.39, 0.29) is 11.9 Å². The molecule has 0 saturated carbocycles. The number of amides is 1. The van der Waals surface area contributed by atoms with Crippen LogP contribution in [0.4, 0.5) is 5.82 Å². The van der Waals surface area contributed by atoms with E-state index in [1.807, 2.05) is 36.1 Å². The Hall–Kier alpha value is -3.07. The fraction of sp³-hybridized carbons (Fsp3) is 0.316. The lowest BCUT2D eigenvalue weighted by molar-refractivity contribution is -0.128. The number of aromatic nitrogens is 1. The second kappa shape index (κ2) is 7.22. The Morgan fingerprint density at radius 2 is 2.08 bits per heavy atom. The molecule has 1 aliphatic rings. The number of rotatable bonds is 5. The van der Waals surface area contributed by atoms with Gasteiger partial charge in [-0.1, -0.05) is 12.1 Å². The van der Waals surface area contributed by atoms with Crippen LogP contribution in [0.25, 0.3) is 0 Å². The first kappa shape index (κ1) is 16.8. The van der Waals surface area contributed by atoms with Crippen molar-refractivity contribution < 1.29 is 9.53 Å². The summed E-state index contributed by atoms with van der Waals surface area (Å²) in [5.41, 5.74) is 2.32. The van der Waals surface area contributed by atoms with Gasteiger partial charge in [0.2, 0.25) is 5.91 Å². The van der Waals surface area contributed by atoms with Gasteiger partial charge in [-0.2, -0.15) is 5.26 Å². The van der Waals surface area contributed by atoms with Gasteiger partial charge < -0.3 is 15.0 Å². The third kappa shape index (κ3) is 3.72. The molecule has 0 spiro atoms. The summed E-state index contributed by atoms with van der Waals surface area (Å²) >= 11 is 0. The highest BCUT2D eigenvalue weighted by Crippen LogP contribution is 2.21. The summed E-state index contributed by atoms with van der Waals surface area (Å²) in [6.45, 7) is 3.10. The van der Waals surface area contributed by atoms with Crippen LogP contribution < -0.4 is 10.1 Å². The second-order valence-electron chi connectivity index (χ2n) is 6.05. The number of hydrogen-bond acceptors (Lipinski definition) is 5. The molecular formula is C19H20N4O2. The van der Waals surface area contributed by atoms with Crippen molar-refractivity contribution in [2.75, 3.05) is 19.0 Å². The summed E-state index contributed by atoms with van der Waals surface area (Å²) in [7, 11) is 1.63. The Kier molecular flexibility index (Phi) is 4.85. The number of methoxy groups -OCH3 is 1. The van der Waals surface area contributed by atoms with Crippen molar-refractivity contribution in [3.05, 3.63) is 53.2 Å². The minimum absolute atomic E-state index is 0.0306. The lowest BCUT2D eigenvalue weighted by Gasteiger charge is -2.18. The molecule has 1 fully saturated rings. The van der Waals surface area contributed by atoms with Crippen molar-refractivity contribution in [2.45, 2.75) is 25.9 Å². The van der Waals surface area contributed by atoms with Crippen LogP contribution >= 0.6 is 0 Å². The molecule has 1 aromatic heterocycles. The standard InChI is InChI=1S/C19H20N4O2/c1-13-3-6-15(11-20)18(21-13)22-17-9-10-23(19(17)24)12-14-4-7-16(25-2)8-5-14/h3-8,17H,9-10,12H2,1-2H3,(H,21,22). The summed E-state index contributed by atoms with van der Waals surface area (Å²) in [6, 6.07) is 13.0. The van der Waals surface area contributed by atoms with Crippen molar-refractivity contribution in [3.63, 3.8) is 0 Å². The van der Waals surface area contributed by atoms with Gasteiger partial charge in [-0.3, -0.25) is 4.79 Å².